The molecule has 0 spiro atoms. The van der Waals surface area contributed by atoms with Crippen molar-refractivity contribution < 1.29 is 17.9 Å². The van der Waals surface area contributed by atoms with Crippen LogP contribution in [0.5, 0.6) is 5.75 Å². The molecule has 0 fully saturated rings. The number of hydrogen-bond donors (Lipinski definition) is 1. The molecule has 0 aliphatic heterocycles. The highest BCUT2D eigenvalue weighted by Gasteiger charge is 2.31. The lowest BCUT2D eigenvalue weighted by molar-refractivity contribution is -0.274. The van der Waals surface area contributed by atoms with Crippen molar-refractivity contribution in [1.82, 2.24) is 0 Å². The summed E-state index contributed by atoms with van der Waals surface area (Å²) < 4.78 is 40.9. The van der Waals surface area contributed by atoms with Gasteiger partial charge in [0.05, 0.1) is 0 Å². The van der Waals surface area contributed by atoms with E-state index >= 15 is 0 Å². The maximum atomic E-state index is 12.2. The van der Waals surface area contributed by atoms with Crippen molar-refractivity contribution in [3.8, 4) is 5.75 Å². The minimum Gasteiger partial charge on any atom is -0.406 e. The van der Waals surface area contributed by atoms with Crippen molar-refractivity contribution in [2.24, 2.45) is 11.7 Å². The van der Waals surface area contributed by atoms with Gasteiger partial charge >= 0.3 is 6.36 Å². The van der Waals surface area contributed by atoms with E-state index in [0.29, 0.717) is 10.0 Å². The first kappa shape index (κ1) is 15.3. The molecule has 0 saturated heterocycles. The molecule has 0 saturated carbocycles. The highest BCUT2D eigenvalue weighted by atomic mass is 79.9. The predicted molar refractivity (Wildman–Crippen MR) is 67.2 cm³/mol. The highest BCUT2D eigenvalue weighted by molar-refractivity contribution is 9.10. The van der Waals surface area contributed by atoms with E-state index in [-0.39, 0.29) is 17.7 Å². The molecule has 18 heavy (non-hydrogen) atoms. The standard InChI is InChI=1S/C12H15BrF3NO/c1-3-7(2)11(17)8-4-9(13)6-10(5-8)18-12(14,15)16/h4-7,11H,3,17H2,1-2H3/t7?,11-/m1/s1. The summed E-state index contributed by atoms with van der Waals surface area (Å²) >= 11 is 3.16. The number of hydrogen-bond acceptors (Lipinski definition) is 2. The van der Waals surface area contributed by atoms with E-state index in [9.17, 15) is 13.2 Å². The lowest BCUT2D eigenvalue weighted by Gasteiger charge is -2.20. The number of benzene rings is 1. The van der Waals surface area contributed by atoms with Crippen LogP contribution in [0.1, 0.15) is 31.9 Å². The van der Waals surface area contributed by atoms with Gasteiger partial charge in [0, 0.05) is 10.5 Å². The molecule has 0 aromatic heterocycles. The molecule has 0 aliphatic carbocycles. The molecule has 0 amide bonds. The SMILES string of the molecule is CCC(C)[C@@H](N)c1cc(Br)cc(OC(F)(F)F)c1. The van der Waals surface area contributed by atoms with Crippen LogP contribution >= 0.6 is 15.9 Å². The summed E-state index contributed by atoms with van der Waals surface area (Å²) in [4.78, 5) is 0. The molecule has 0 heterocycles. The van der Waals surface area contributed by atoms with Crippen LogP contribution in [-0.2, 0) is 0 Å². The Labute approximate surface area is 112 Å². The second-order valence-corrected chi connectivity index (χ2v) is 5.10. The lowest BCUT2D eigenvalue weighted by Crippen LogP contribution is -2.20. The van der Waals surface area contributed by atoms with Gasteiger partial charge in [0.2, 0.25) is 0 Å². The summed E-state index contributed by atoms with van der Waals surface area (Å²) in [6, 6.07) is 3.98. The summed E-state index contributed by atoms with van der Waals surface area (Å²) in [5.74, 6) is -0.0799. The van der Waals surface area contributed by atoms with E-state index in [1.807, 2.05) is 13.8 Å². The minimum absolute atomic E-state index is 0.179. The molecule has 102 valence electrons. The van der Waals surface area contributed by atoms with E-state index in [0.717, 1.165) is 6.42 Å². The molecule has 0 bridgehead atoms. The fourth-order valence-electron chi connectivity index (χ4n) is 1.55. The number of alkyl halides is 3. The third-order valence-corrected chi connectivity index (χ3v) is 3.23. The Morgan fingerprint density at radius 3 is 2.44 bits per heavy atom. The molecular weight excluding hydrogens is 311 g/mol. The lowest BCUT2D eigenvalue weighted by atomic mass is 9.93. The number of nitrogens with two attached hydrogens (primary N) is 1. The van der Waals surface area contributed by atoms with E-state index in [4.69, 9.17) is 5.73 Å². The van der Waals surface area contributed by atoms with Gasteiger partial charge in [-0.05, 0) is 29.7 Å². The van der Waals surface area contributed by atoms with Crippen molar-refractivity contribution in [1.29, 1.82) is 0 Å². The van der Waals surface area contributed by atoms with Crippen LogP contribution in [0.25, 0.3) is 0 Å². The third kappa shape index (κ3) is 4.49. The maximum Gasteiger partial charge on any atom is 0.573 e. The van der Waals surface area contributed by atoms with Crippen LogP contribution < -0.4 is 10.5 Å². The second kappa shape index (κ2) is 5.93. The van der Waals surface area contributed by atoms with E-state index < -0.39 is 6.36 Å². The van der Waals surface area contributed by atoms with Crippen LogP contribution in [0, 0.1) is 5.92 Å². The normalized spacial score (nSPS) is 15.3. The maximum absolute atomic E-state index is 12.2. The van der Waals surface area contributed by atoms with Crippen LogP contribution in [0.15, 0.2) is 22.7 Å². The Morgan fingerprint density at radius 2 is 1.94 bits per heavy atom. The van der Waals surface area contributed by atoms with Gasteiger partial charge in [-0.25, -0.2) is 0 Å². The summed E-state index contributed by atoms with van der Waals surface area (Å²) in [5, 5.41) is 0. The van der Waals surface area contributed by atoms with Crippen molar-refractivity contribution in [2.45, 2.75) is 32.7 Å². The predicted octanol–water partition coefficient (Wildman–Crippen LogP) is 4.39. The van der Waals surface area contributed by atoms with Gasteiger partial charge in [-0.1, -0.05) is 36.2 Å². The molecule has 2 nitrogen and oxygen atoms in total. The molecule has 2 N–H and O–H groups in total. The number of ether oxygens (including phenoxy) is 1. The van der Waals surface area contributed by atoms with Gasteiger partial charge in [-0.15, -0.1) is 13.2 Å². The van der Waals surface area contributed by atoms with Crippen LogP contribution in [0.3, 0.4) is 0 Å². The Hall–Kier alpha value is -0.750. The summed E-state index contributed by atoms with van der Waals surface area (Å²) in [5.41, 5.74) is 6.62. The topological polar surface area (TPSA) is 35.2 Å². The van der Waals surface area contributed by atoms with Gasteiger partial charge in [-0.3, -0.25) is 0 Å². The van der Waals surface area contributed by atoms with Crippen LogP contribution in [-0.4, -0.2) is 6.36 Å². The average molecular weight is 326 g/mol. The molecule has 1 aromatic carbocycles. The average Bonchev–Trinajstić information content (AvgIpc) is 2.23. The summed E-state index contributed by atoms with van der Waals surface area (Å²) in [7, 11) is 0. The van der Waals surface area contributed by atoms with E-state index in [1.165, 1.54) is 12.1 Å². The first-order valence-corrected chi connectivity index (χ1v) is 6.34. The van der Waals surface area contributed by atoms with Crippen LogP contribution in [0.4, 0.5) is 13.2 Å². The van der Waals surface area contributed by atoms with Gasteiger partial charge in [0.1, 0.15) is 5.75 Å². The molecule has 2 atom stereocenters. The Kier molecular flexibility index (Phi) is 5.04. The smallest absolute Gasteiger partial charge is 0.406 e. The molecule has 1 rings (SSSR count). The first-order valence-electron chi connectivity index (χ1n) is 5.54. The molecule has 6 heteroatoms. The molecule has 0 aliphatic rings. The largest absolute Gasteiger partial charge is 0.573 e. The Bertz CT molecular complexity index is 409. The number of rotatable bonds is 4. The van der Waals surface area contributed by atoms with Crippen molar-refractivity contribution >= 4 is 15.9 Å². The quantitative estimate of drug-likeness (QED) is 0.890. The van der Waals surface area contributed by atoms with Crippen LogP contribution in [0.2, 0.25) is 0 Å². The Morgan fingerprint density at radius 1 is 1.33 bits per heavy atom. The second-order valence-electron chi connectivity index (χ2n) is 4.18. The van der Waals surface area contributed by atoms with Crippen molar-refractivity contribution in [2.75, 3.05) is 0 Å². The zero-order valence-corrected chi connectivity index (χ0v) is 11.7. The molecule has 1 aromatic rings. The monoisotopic (exact) mass is 325 g/mol. The zero-order valence-electron chi connectivity index (χ0n) is 10.1. The Balaban J connectivity index is 3.01. The summed E-state index contributed by atoms with van der Waals surface area (Å²) in [6.45, 7) is 3.94. The fourth-order valence-corrected chi connectivity index (χ4v) is 2.04. The molecule has 0 radical (unpaired) electrons. The minimum atomic E-state index is -4.70. The highest BCUT2D eigenvalue weighted by Crippen LogP contribution is 2.31. The first-order chi connectivity index (χ1) is 8.23. The third-order valence-electron chi connectivity index (χ3n) is 2.77. The van der Waals surface area contributed by atoms with Gasteiger partial charge in [0.15, 0.2) is 0 Å². The number of halogens is 4. The van der Waals surface area contributed by atoms with E-state index in [2.05, 4.69) is 20.7 Å². The van der Waals surface area contributed by atoms with Crippen molar-refractivity contribution in [3.05, 3.63) is 28.2 Å². The molecular formula is C12H15BrF3NO. The fraction of sp³-hybridized carbons (Fsp3) is 0.500. The van der Waals surface area contributed by atoms with Gasteiger partial charge < -0.3 is 10.5 Å². The summed E-state index contributed by atoms with van der Waals surface area (Å²) in [6.07, 6.45) is -3.85. The molecule has 1 unspecified atom stereocenters. The van der Waals surface area contributed by atoms with Gasteiger partial charge in [-0.2, -0.15) is 0 Å². The van der Waals surface area contributed by atoms with E-state index in [1.54, 1.807) is 6.07 Å². The van der Waals surface area contributed by atoms with Gasteiger partial charge in [0.25, 0.3) is 0 Å². The zero-order chi connectivity index (χ0) is 13.9. The van der Waals surface area contributed by atoms with Crippen molar-refractivity contribution in [3.63, 3.8) is 0 Å².